The van der Waals surface area contributed by atoms with E-state index in [2.05, 4.69) is 23.2 Å². The zero-order chi connectivity index (χ0) is 9.54. The molecule has 2 aromatic rings. The lowest BCUT2D eigenvalue weighted by atomic mass is 10.1. The van der Waals surface area contributed by atoms with Crippen molar-refractivity contribution in [3.8, 4) is 11.1 Å². The van der Waals surface area contributed by atoms with Crippen LogP contribution in [0.25, 0.3) is 11.1 Å². The number of hydrogen-bond acceptors (Lipinski definition) is 2. The molecule has 0 saturated carbocycles. The summed E-state index contributed by atoms with van der Waals surface area (Å²) in [6.07, 6.45) is 4.74. The van der Waals surface area contributed by atoms with Crippen molar-refractivity contribution in [3.05, 3.63) is 47.8 Å². The molecule has 2 N–H and O–H groups in total. The van der Waals surface area contributed by atoms with Gasteiger partial charge in [-0.15, -0.1) is 0 Å². The maximum Gasteiger partial charge on any atom is 0.0317 e. The molecular weight excluding hydrogens is 172 g/mol. The van der Waals surface area contributed by atoms with Gasteiger partial charge >= 0.3 is 0 Å². The third-order valence-corrected chi connectivity index (χ3v) is 2.70. The Morgan fingerprint density at radius 3 is 2.86 bits per heavy atom. The fourth-order valence-corrected chi connectivity index (χ4v) is 2.06. The summed E-state index contributed by atoms with van der Waals surface area (Å²) in [7, 11) is 0. The first-order chi connectivity index (χ1) is 6.84. The summed E-state index contributed by atoms with van der Waals surface area (Å²) in [6, 6.07) is 8.16. The second-order valence-electron chi connectivity index (χ2n) is 3.63. The Kier molecular flexibility index (Phi) is 1.39. The van der Waals surface area contributed by atoms with Crippen molar-refractivity contribution in [1.29, 1.82) is 0 Å². The molecular formula is C12H10N2. The largest absolute Gasteiger partial charge is 0.399 e. The highest BCUT2D eigenvalue weighted by molar-refractivity contribution is 5.77. The van der Waals surface area contributed by atoms with Crippen LogP contribution in [0.3, 0.4) is 0 Å². The van der Waals surface area contributed by atoms with E-state index in [1.54, 1.807) is 0 Å². The summed E-state index contributed by atoms with van der Waals surface area (Å²) in [5.74, 6) is 0. The number of fused-ring (bicyclic) bond motifs is 3. The maximum atomic E-state index is 5.75. The number of aromatic nitrogens is 1. The van der Waals surface area contributed by atoms with Crippen LogP contribution in [-0.2, 0) is 6.42 Å². The van der Waals surface area contributed by atoms with Gasteiger partial charge in [-0.05, 0) is 40.5 Å². The molecule has 2 nitrogen and oxygen atoms in total. The van der Waals surface area contributed by atoms with E-state index in [0.29, 0.717) is 0 Å². The molecule has 0 saturated heterocycles. The zero-order valence-corrected chi connectivity index (χ0v) is 7.70. The molecule has 0 spiro atoms. The summed E-state index contributed by atoms with van der Waals surface area (Å²) in [5.41, 5.74) is 11.8. The monoisotopic (exact) mass is 182 g/mol. The molecule has 0 amide bonds. The number of anilines is 1. The van der Waals surface area contributed by atoms with Gasteiger partial charge < -0.3 is 5.73 Å². The summed E-state index contributed by atoms with van der Waals surface area (Å²) in [4.78, 5) is 4.13. The molecule has 1 heterocycles. The van der Waals surface area contributed by atoms with Gasteiger partial charge in [-0.3, -0.25) is 4.98 Å². The fraction of sp³-hybridized carbons (Fsp3) is 0.0833. The average molecular weight is 182 g/mol. The van der Waals surface area contributed by atoms with E-state index >= 15 is 0 Å². The molecule has 0 atom stereocenters. The third-order valence-electron chi connectivity index (χ3n) is 2.70. The van der Waals surface area contributed by atoms with E-state index in [0.717, 1.165) is 12.1 Å². The lowest BCUT2D eigenvalue weighted by molar-refractivity contribution is 1.20. The Labute approximate surface area is 82.4 Å². The first kappa shape index (κ1) is 7.56. The Morgan fingerprint density at radius 2 is 1.93 bits per heavy atom. The minimum absolute atomic E-state index is 0.838. The van der Waals surface area contributed by atoms with Gasteiger partial charge in [0.1, 0.15) is 0 Å². The topological polar surface area (TPSA) is 38.9 Å². The first-order valence-corrected chi connectivity index (χ1v) is 4.66. The van der Waals surface area contributed by atoms with Gasteiger partial charge in [-0.1, -0.05) is 6.07 Å². The van der Waals surface area contributed by atoms with Crippen molar-refractivity contribution in [3.63, 3.8) is 0 Å². The molecule has 68 valence electrons. The molecule has 2 heteroatoms. The molecule has 0 aliphatic heterocycles. The Bertz CT molecular complexity index is 503. The van der Waals surface area contributed by atoms with Gasteiger partial charge in [-0.25, -0.2) is 0 Å². The highest BCUT2D eigenvalue weighted by atomic mass is 14.6. The van der Waals surface area contributed by atoms with Gasteiger partial charge in [0.15, 0.2) is 0 Å². The third kappa shape index (κ3) is 0.940. The van der Waals surface area contributed by atoms with E-state index < -0.39 is 0 Å². The Balaban J connectivity index is 2.27. The van der Waals surface area contributed by atoms with Crippen LogP contribution >= 0.6 is 0 Å². The molecule has 3 rings (SSSR count). The van der Waals surface area contributed by atoms with Gasteiger partial charge in [0.2, 0.25) is 0 Å². The van der Waals surface area contributed by atoms with Crippen LogP contribution in [0.4, 0.5) is 5.69 Å². The normalized spacial score (nSPS) is 12.3. The van der Waals surface area contributed by atoms with Crippen molar-refractivity contribution >= 4 is 5.69 Å². The lowest BCUT2D eigenvalue weighted by Gasteiger charge is -2.00. The fourth-order valence-electron chi connectivity index (χ4n) is 2.06. The van der Waals surface area contributed by atoms with Crippen LogP contribution in [0, 0.1) is 0 Å². The predicted octanol–water partition coefficient (Wildman–Crippen LogP) is 2.24. The highest BCUT2D eigenvalue weighted by Gasteiger charge is 2.17. The van der Waals surface area contributed by atoms with E-state index in [1.807, 2.05) is 18.5 Å². The SMILES string of the molecule is Nc1ccc2c(c1)Cc1cnccc1-2. The molecule has 0 unspecified atom stereocenters. The quantitative estimate of drug-likeness (QED) is 0.541. The van der Waals surface area contributed by atoms with Gasteiger partial charge in [-0.2, -0.15) is 0 Å². The van der Waals surface area contributed by atoms with Crippen molar-refractivity contribution < 1.29 is 0 Å². The number of nitrogens with two attached hydrogens (primary N) is 1. The number of nitrogens with zero attached hydrogens (tertiary/aromatic N) is 1. The van der Waals surface area contributed by atoms with E-state index in [1.165, 1.54) is 22.3 Å². The van der Waals surface area contributed by atoms with Crippen molar-refractivity contribution in [2.45, 2.75) is 6.42 Å². The lowest BCUT2D eigenvalue weighted by Crippen LogP contribution is -1.86. The summed E-state index contributed by atoms with van der Waals surface area (Å²) < 4.78 is 0. The summed E-state index contributed by atoms with van der Waals surface area (Å²) in [6.45, 7) is 0. The van der Waals surface area contributed by atoms with Crippen LogP contribution in [-0.4, -0.2) is 4.98 Å². The number of rotatable bonds is 0. The number of hydrogen-bond donors (Lipinski definition) is 1. The summed E-state index contributed by atoms with van der Waals surface area (Å²) in [5, 5.41) is 0. The predicted molar refractivity (Wildman–Crippen MR) is 56.9 cm³/mol. The molecule has 0 radical (unpaired) electrons. The van der Waals surface area contributed by atoms with Crippen LogP contribution in [0.1, 0.15) is 11.1 Å². The molecule has 1 aromatic carbocycles. The van der Waals surface area contributed by atoms with Crippen molar-refractivity contribution in [2.75, 3.05) is 5.73 Å². The van der Waals surface area contributed by atoms with Crippen LogP contribution in [0.15, 0.2) is 36.7 Å². The van der Waals surface area contributed by atoms with Gasteiger partial charge in [0.25, 0.3) is 0 Å². The molecule has 0 bridgehead atoms. The number of benzene rings is 1. The maximum absolute atomic E-state index is 5.75. The molecule has 0 fully saturated rings. The second-order valence-corrected chi connectivity index (χ2v) is 3.63. The zero-order valence-electron chi connectivity index (χ0n) is 7.70. The van der Waals surface area contributed by atoms with Crippen LogP contribution < -0.4 is 5.73 Å². The van der Waals surface area contributed by atoms with Crippen LogP contribution in [0.2, 0.25) is 0 Å². The minimum atomic E-state index is 0.838. The smallest absolute Gasteiger partial charge is 0.0317 e. The van der Waals surface area contributed by atoms with Gasteiger partial charge in [0.05, 0.1) is 0 Å². The molecule has 1 aromatic heterocycles. The molecule has 1 aliphatic rings. The molecule has 14 heavy (non-hydrogen) atoms. The standard InChI is InChI=1S/C12H10N2/c13-10-1-2-11-8(6-10)5-9-7-14-4-3-12(9)11/h1-4,6-7H,5,13H2. The summed E-state index contributed by atoms with van der Waals surface area (Å²) >= 11 is 0. The first-order valence-electron chi connectivity index (χ1n) is 4.66. The van der Waals surface area contributed by atoms with Gasteiger partial charge in [0, 0.05) is 24.5 Å². The van der Waals surface area contributed by atoms with E-state index in [4.69, 9.17) is 5.73 Å². The second kappa shape index (κ2) is 2.58. The van der Waals surface area contributed by atoms with Crippen molar-refractivity contribution in [2.24, 2.45) is 0 Å². The average Bonchev–Trinajstić information content (AvgIpc) is 2.54. The van der Waals surface area contributed by atoms with E-state index in [9.17, 15) is 0 Å². The van der Waals surface area contributed by atoms with Crippen LogP contribution in [0.5, 0.6) is 0 Å². The molecule has 1 aliphatic carbocycles. The number of pyridine rings is 1. The van der Waals surface area contributed by atoms with Crippen molar-refractivity contribution in [1.82, 2.24) is 4.98 Å². The van der Waals surface area contributed by atoms with E-state index in [-0.39, 0.29) is 0 Å². The minimum Gasteiger partial charge on any atom is -0.399 e. The Morgan fingerprint density at radius 1 is 1.07 bits per heavy atom. The highest BCUT2D eigenvalue weighted by Crippen LogP contribution is 2.36. The number of nitrogen functional groups attached to an aromatic ring is 1. The Hall–Kier alpha value is -1.83.